The third-order valence-corrected chi connectivity index (χ3v) is 1.72. The standard InChI is InChI=1S/C11H9N/c1-3-7-11(8-4-1)12-9-5-2-6-10-12/h1,3-10H. The summed E-state index contributed by atoms with van der Waals surface area (Å²) in [6, 6.07) is 10.2. The summed E-state index contributed by atoms with van der Waals surface area (Å²) in [5.41, 5.74) is 1.17. The van der Waals surface area contributed by atoms with Gasteiger partial charge >= 0.3 is 0 Å². The number of hydrogen-bond acceptors (Lipinski definition) is 1. The first-order chi connectivity index (χ1) is 5.97. The predicted octanol–water partition coefficient (Wildman–Crippen LogP) is 2.62. The molecule has 0 aliphatic carbocycles. The average Bonchev–Trinajstić information content (AvgIpc) is 2.21. The lowest BCUT2D eigenvalue weighted by Gasteiger charge is -2.17. The van der Waals surface area contributed by atoms with E-state index in [0.29, 0.717) is 0 Å². The number of nitrogens with zero attached hydrogens (tertiary/aromatic N) is 1. The van der Waals surface area contributed by atoms with Gasteiger partial charge in [-0.2, -0.15) is 0 Å². The fourth-order valence-electron chi connectivity index (χ4n) is 1.12. The van der Waals surface area contributed by atoms with Crippen LogP contribution in [0.25, 0.3) is 0 Å². The van der Waals surface area contributed by atoms with Crippen molar-refractivity contribution in [2.45, 2.75) is 0 Å². The number of anilines is 1. The Labute approximate surface area is 72.6 Å². The molecule has 1 aromatic rings. The van der Waals surface area contributed by atoms with Gasteiger partial charge in [0.05, 0.1) is 0 Å². The van der Waals surface area contributed by atoms with Gasteiger partial charge in [0.1, 0.15) is 0 Å². The van der Waals surface area contributed by atoms with Gasteiger partial charge in [-0.05, 0) is 12.1 Å². The van der Waals surface area contributed by atoms with Crippen LogP contribution in [0.4, 0.5) is 5.69 Å². The lowest BCUT2D eigenvalue weighted by Crippen LogP contribution is -2.08. The normalized spacial score (nSPS) is 15.2. The van der Waals surface area contributed by atoms with Gasteiger partial charge in [0.15, 0.2) is 0 Å². The van der Waals surface area contributed by atoms with Crippen LogP contribution in [0.5, 0.6) is 0 Å². The predicted molar refractivity (Wildman–Crippen MR) is 50.4 cm³/mol. The Morgan fingerprint density at radius 1 is 0.917 bits per heavy atom. The lowest BCUT2D eigenvalue weighted by molar-refractivity contribution is 1.25. The third-order valence-electron chi connectivity index (χ3n) is 1.72. The minimum Gasteiger partial charge on any atom is -0.324 e. The van der Waals surface area contributed by atoms with E-state index in [0.717, 1.165) is 0 Å². The zero-order valence-electron chi connectivity index (χ0n) is 6.64. The van der Waals surface area contributed by atoms with Crippen molar-refractivity contribution in [1.82, 2.24) is 0 Å². The fourth-order valence-corrected chi connectivity index (χ4v) is 1.12. The molecule has 0 saturated carbocycles. The van der Waals surface area contributed by atoms with E-state index in [9.17, 15) is 0 Å². The molecule has 0 aromatic heterocycles. The second-order valence-electron chi connectivity index (χ2n) is 2.54. The zero-order valence-corrected chi connectivity index (χ0v) is 6.64. The van der Waals surface area contributed by atoms with Crippen LogP contribution in [0.15, 0.2) is 54.9 Å². The molecule has 0 bridgehead atoms. The van der Waals surface area contributed by atoms with E-state index in [1.807, 2.05) is 42.8 Å². The van der Waals surface area contributed by atoms with Crippen molar-refractivity contribution >= 4 is 5.69 Å². The Hall–Kier alpha value is -1.50. The maximum atomic E-state index is 2.98. The molecule has 58 valence electrons. The van der Waals surface area contributed by atoms with E-state index in [1.165, 1.54) is 5.69 Å². The van der Waals surface area contributed by atoms with E-state index in [-0.39, 0.29) is 0 Å². The number of hydrogen-bond donors (Lipinski definition) is 0. The summed E-state index contributed by atoms with van der Waals surface area (Å²) in [6.45, 7) is 0. The Bertz CT molecular complexity index is 286. The molecule has 0 saturated heterocycles. The highest BCUT2D eigenvalue weighted by atomic mass is 15.1. The van der Waals surface area contributed by atoms with Crippen molar-refractivity contribution in [1.29, 1.82) is 0 Å². The summed E-state index contributed by atoms with van der Waals surface area (Å²) >= 11 is 0. The van der Waals surface area contributed by atoms with Gasteiger partial charge in [0.25, 0.3) is 0 Å². The van der Waals surface area contributed by atoms with Gasteiger partial charge in [-0.3, -0.25) is 0 Å². The van der Waals surface area contributed by atoms with Gasteiger partial charge in [0, 0.05) is 24.5 Å². The van der Waals surface area contributed by atoms with Crippen molar-refractivity contribution in [2.24, 2.45) is 0 Å². The highest BCUT2D eigenvalue weighted by Gasteiger charge is 1.98. The highest BCUT2D eigenvalue weighted by Crippen LogP contribution is 2.16. The molecule has 0 fully saturated rings. The van der Waals surface area contributed by atoms with Gasteiger partial charge < -0.3 is 4.90 Å². The van der Waals surface area contributed by atoms with Crippen LogP contribution in [0, 0.1) is 6.42 Å². The van der Waals surface area contributed by atoms with Crippen LogP contribution in [-0.2, 0) is 0 Å². The highest BCUT2D eigenvalue weighted by molar-refractivity contribution is 5.53. The molecule has 1 heteroatoms. The average molecular weight is 155 g/mol. The molecule has 1 aliphatic heterocycles. The molecular weight excluding hydrogens is 146 g/mol. The zero-order chi connectivity index (χ0) is 8.23. The fraction of sp³-hybridized carbons (Fsp3) is 0. The van der Waals surface area contributed by atoms with E-state index in [1.54, 1.807) is 0 Å². The van der Waals surface area contributed by atoms with Crippen molar-refractivity contribution in [2.75, 3.05) is 4.90 Å². The topological polar surface area (TPSA) is 3.24 Å². The van der Waals surface area contributed by atoms with Crippen molar-refractivity contribution in [3.8, 4) is 0 Å². The molecule has 2 rings (SSSR count). The molecule has 0 unspecified atom stereocenters. The van der Waals surface area contributed by atoms with Crippen molar-refractivity contribution < 1.29 is 0 Å². The maximum Gasteiger partial charge on any atom is 0.0449 e. The quantitative estimate of drug-likeness (QED) is 0.602. The Morgan fingerprint density at radius 3 is 2.25 bits per heavy atom. The second kappa shape index (κ2) is 3.26. The first kappa shape index (κ1) is 7.17. The SMILES string of the molecule is [C]1C=CN(c2ccccc2)C=C1. The summed E-state index contributed by atoms with van der Waals surface area (Å²) in [6.07, 6.45) is 10.7. The second-order valence-corrected chi connectivity index (χ2v) is 2.54. The summed E-state index contributed by atoms with van der Waals surface area (Å²) < 4.78 is 0. The molecule has 12 heavy (non-hydrogen) atoms. The molecule has 0 N–H and O–H groups in total. The molecule has 1 nitrogen and oxygen atoms in total. The van der Waals surface area contributed by atoms with Crippen LogP contribution in [0.2, 0.25) is 0 Å². The van der Waals surface area contributed by atoms with Crippen molar-refractivity contribution in [3.05, 3.63) is 61.3 Å². The van der Waals surface area contributed by atoms with Crippen LogP contribution in [0.3, 0.4) is 0 Å². The van der Waals surface area contributed by atoms with E-state index in [2.05, 4.69) is 23.5 Å². The van der Waals surface area contributed by atoms with Crippen LogP contribution < -0.4 is 4.90 Å². The number of para-hydroxylation sites is 1. The molecule has 1 aliphatic rings. The van der Waals surface area contributed by atoms with Gasteiger partial charge in [-0.25, -0.2) is 0 Å². The molecule has 0 amide bonds. The van der Waals surface area contributed by atoms with E-state index in [4.69, 9.17) is 0 Å². The maximum absolute atomic E-state index is 2.98. The lowest BCUT2D eigenvalue weighted by atomic mass is 10.2. The largest absolute Gasteiger partial charge is 0.324 e. The number of allylic oxidation sites excluding steroid dienone is 2. The molecule has 0 spiro atoms. The Morgan fingerprint density at radius 2 is 1.58 bits per heavy atom. The summed E-state index contributed by atoms with van der Waals surface area (Å²) in [4.78, 5) is 2.05. The van der Waals surface area contributed by atoms with Gasteiger partial charge in [-0.1, -0.05) is 30.4 Å². The first-order valence-corrected chi connectivity index (χ1v) is 3.89. The van der Waals surface area contributed by atoms with E-state index < -0.39 is 0 Å². The molecular formula is C11H9N. The number of rotatable bonds is 1. The summed E-state index contributed by atoms with van der Waals surface area (Å²) in [7, 11) is 0. The number of benzene rings is 1. The Kier molecular flexibility index (Phi) is 1.95. The van der Waals surface area contributed by atoms with Gasteiger partial charge in [0.2, 0.25) is 0 Å². The third kappa shape index (κ3) is 1.40. The molecule has 1 heterocycles. The Balaban J connectivity index is 2.25. The molecule has 0 atom stereocenters. The summed E-state index contributed by atoms with van der Waals surface area (Å²) in [5, 5.41) is 0. The van der Waals surface area contributed by atoms with Crippen LogP contribution in [0.1, 0.15) is 0 Å². The van der Waals surface area contributed by atoms with Gasteiger partial charge in [-0.15, -0.1) is 0 Å². The molecule has 2 radical (unpaired) electrons. The summed E-state index contributed by atoms with van der Waals surface area (Å²) in [5.74, 6) is 0. The smallest absolute Gasteiger partial charge is 0.0449 e. The van der Waals surface area contributed by atoms with E-state index >= 15 is 0 Å². The first-order valence-electron chi connectivity index (χ1n) is 3.89. The minimum atomic E-state index is 1.17. The van der Waals surface area contributed by atoms with Crippen molar-refractivity contribution in [3.63, 3.8) is 0 Å². The van der Waals surface area contributed by atoms with Crippen LogP contribution in [-0.4, -0.2) is 0 Å². The monoisotopic (exact) mass is 155 g/mol. The molecule has 1 aromatic carbocycles. The van der Waals surface area contributed by atoms with Crippen LogP contribution >= 0.6 is 0 Å². The minimum absolute atomic E-state index is 1.17.